The van der Waals surface area contributed by atoms with E-state index in [0.717, 1.165) is 30.6 Å². The number of methoxy groups -OCH3 is 1. The van der Waals surface area contributed by atoms with Crippen LogP contribution in [-0.2, 0) is 14.3 Å². The van der Waals surface area contributed by atoms with Gasteiger partial charge in [-0.3, -0.25) is 0 Å². The van der Waals surface area contributed by atoms with Crippen LogP contribution in [0, 0.1) is 0 Å². The molecule has 1 aliphatic rings. The van der Waals surface area contributed by atoms with E-state index in [1.54, 1.807) is 13.0 Å². The highest BCUT2D eigenvalue weighted by Crippen LogP contribution is 2.24. The predicted octanol–water partition coefficient (Wildman–Crippen LogP) is 5.74. The van der Waals surface area contributed by atoms with Crippen LogP contribution in [-0.4, -0.2) is 25.6 Å². The van der Waals surface area contributed by atoms with Gasteiger partial charge in [-0.25, -0.2) is 4.79 Å². The van der Waals surface area contributed by atoms with E-state index in [1.165, 1.54) is 12.7 Å². The average Bonchev–Trinajstić information content (AvgIpc) is 2.63. The number of carbonyl (C=O) groups is 1. The summed E-state index contributed by atoms with van der Waals surface area (Å²) in [7, 11) is 1.33. The van der Waals surface area contributed by atoms with E-state index in [1.807, 2.05) is 19.9 Å². The molecule has 0 fully saturated rings. The van der Waals surface area contributed by atoms with Crippen molar-refractivity contribution in [2.45, 2.75) is 40.0 Å². The fourth-order valence-corrected chi connectivity index (χ4v) is 1.68. The molecule has 0 aromatic carbocycles. The van der Waals surface area contributed by atoms with Crippen molar-refractivity contribution in [2.75, 3.05) is 19.6 Å². The molecule has 0 saturated heterocycles. The maximum Gasteiger partial charge on any atom is 0.332 e. The van der Waals surface area contributed by atoms with E-state index < -0.39 is 0 Å². The minimum atomic E-state index is -0.347. The number of alkyl halides is 1. The monoisotopic (exact) mass is 354 g/mol. The molecule has 24 heavy (non-hydrogen) atoms. The van der Waals surface area contributed by atoms with Gasteiger partial charge in [0.2, 0.25) is 0 Å². The number of rotatable bonds is 7. The van der Waals surface area contributed by atoms with Gasteiger partial charge in [-0.05, 0) is 37.0 Å². The first-order valence-electron chi connectivity index (χ1n) is 8.10. The van der Waals surface area contributed by atoms with Gasteiger partial charge in [0.25, 0.3) is 0 Å². The molecule has 0 N–H and O–H groups in total. The fourth-order valence-electron chi connectivity index (χ4n) is 1.57. The van der Waals surface area contributed by atoms with Crippen LogP contribution in [0.15, 0.2) is 60.4 Å². The van der Waals surface area contributed by atoms with Crippen molar-refractivity contribution in [2.24, 2.45) is 0 Å². The van der Waals surface area contributed by atoms with Gasteiger partial charge in [-0.1, -0.05) is 45.7 Å². The zero-order valence-electron chi connectivity index (χ0n) is 15.5. The molecular formula is C20H31ClO3. The van der Waals surface area contributed by atoms with Crippen molar-refractivity contribution in [3.63, 3.8) is 0 Å². The van der Waals surface area contributed by atoms with Gasteiger partial charge in [0.15, 0.2) is 0 Å². The van der Waals surface area contributed by atoms with Crippen LogP contribution in [0.4, 0.5) is 0 Å². The summed E-state index contributed by atoms with van der Waals surface area (Å²) in [5, 5.41) is 0. The van der Waals surface area contributed by atoms with Crippen LogP contribution < -0.4 is 0 Å². The molecular weight excluding hydrogens is 324 g/mol. The van der Waals surface area contributed by atoms with Crippen LogP contribution in [0.1, 0.15) is 40.0 Å². The van der Waals surface area contributed by atoms with Crippen molar-refractivity contribution in [1.82, 2.24) is 0 Å². The molecule has 0 saturated carbocycles. The zero-order chi connectivity index (χ0) is 19.0. The summed E-state index contributed by atoms with van der Waals surface area (Å²) in [6.45, 7) is 17.3. The first-order valence-corrected chi connectivity index (χ1v) is 8.63. The van der Waals surface area contributed by atoms with Gasteiger partial charge in [-0.15, -0.1) is 11.6 Å². The topological polar surface area (TPSA) is 35.5 Å². The van der Waals surface area contributed by atoms with Crippen molar-refractivity contribution in [1.29, 1.82) is 0 Å². The summed E-state index contributed by atoms with van der Waals surface area (Å²) in [5.41, 5.74) is 2.68. The SMILES string of the molecule is C=C(C)C(=O)OC.C=CC(=C)C1=CC=C(OCCCCl)CC1.CC. The fraction of sp³-hybridized carbons (Fsp3) is 0.450. The number of hydrogen-bond donors (Lipinski definition) is 0. The number of carbonyl (C=O) groups excluding carboxylic acids is 1. The van der Waals surface area contributed by atoms with Crippen LogP contribution in [0.2, 0.25) is 0 Å². The van der Waals surface area contributed by atoms with Gasteiger partial charge < -0.3 is 9.47 Å². The number of halogens is 1. The molecule has 0 bridgehead atoms. The largest absolute Gasteiger partial charge is 0.498 e. The van der Waals surface area contributed by atoms with Crippen molar-refractivity contribution >= 4 is 17.6 Å². The lowest BCUT2D eigenvalue weighted by Crippen LogP contribution is -2.00. The quantitative estimate of drug-likeness (QED) is 0.192. The molecule has 136 valence electrons. The minimum Gasteiger partial charge on any atom is -0.498 e. The number of esters is 1. The highest BCUT2D eigenvalue weighted by molar-refractivity contribution is 6.17. The molecule has 1 aliphatic carbocycles. The van der Waals surface area contributed by atoms with E-state index in [4.69, 9.17) is 16.3 Å². The van der Waals surface area contributed by atoms with Crippen molar-refractivity contribution in [3.05, 3.63) is 60.4 Å². The maximum atomic E-state index is 10.2. The average molecular weight is 355 g/mol. The molecule has 3 nitrogen and oxygen atoms in total. The summed E-state index contributed by atoms with van der Waals surface area (Å²) in [6, 6.07) is 0. The first-order chi connectivity index (χ1) is 11.5. The van der Waals surface area contributed by atoms with E-state index in [2.05, 4.69) is 30.5 Å². The summed E-state index contributed by atoms with van der Waals surface area (Å²) in [5.74, 6) is 1.35. The van der Waals surface area contributed by atoms with E-state index in [0.29, 0.717) is 18.1 Å². The second-order valence-corrected chi connectivity index (χ2v) is 5.10. The van der Waals surface area contributed by atoms with Gasteiger partial charge in [0.05, 0.1) is 19.5 Å². The number of ether oxygens (including phenoxy) is 2. The molecule has 0 aromatic rings. The van der Waals surface area contributed by atoms with Crippen molar-refractivity contribution in [3.8, 4) is 0 Å². The third-order valence-electron chi connectivity index (χ3n) is 2.87. The lowest BCUT2D eigenvalue weighted by Gasteiger charge is -2.15. The Hall–Kier alpha value is -1.74. The summed E-state index contributed by atoms with van der Waals surface area (Å²) in [6.07, 6.45) is 8.69. The van der Waals surface area contributed by atoms with E-state index in [9.17, 15) is 4.79 Å². The number of hydrogen-bond acceptors (Lipinski definition) is 3. The Balaban J connectivity index is 0. The molecule has 0 heterocycles. The molecule has 0 atom stereocenters. The summed E-state index contributed by atoms with van der Waals surface area (Å²) < 4.78 is 9.83. The second kappa shape index (κ2) is 16.1. The highest BCUT2D eigenvalue weighted by Gasteiger charge is 2.08. The third kappa shape index (κ3) is 11.8. The van der Waals surface area contributed by atoms with Crippen LogP contribution in [0.25, 0.3) is 0 Å². The molecule has 0 amide bonds. The summed E-state index contributed by atoms with van der Waals surface area (Å²) >= 11 is 5.57. The Labute approximate surface area is 152 Å². The highest BCUT2D eigenvalue weighted by atomic mass is 35.5. The normalized spacial score (nSPS) is 12.0. The smallest absolute Gasteiger partial charge is 0.332 e. The molecule has 0 unspecified atom stereocenters. The second-order valence-electron chi connectivity index (χ2n) is 4.72. The van der Waals surface area contributed by atoms with Crippen LogP contribution in [0.5, 0.6) is 0 Å². The molecule has 4 heteroatoms. The molecule has 1 rings (SSSR count). The standard InChI is InChI=1S/C13H17ClO.C5H8O2.C2H6/c1-3-11(2)12-5-7-13(8-6-12)15-10-4-9-14;1-4(2)5(6)7-3;1-2/h3,5,7H,1-2,4,6,8-10H2;1H2,2-3H3;1-2H3. The Kier molecular flexibility index (Phi) is 16.5. The lowest BCUT2D eigenvalue weighted by molar-refractivity contribution is -0.136. The number of allylic oxidation sites excluding steroid dienone is 6. The Morgan fingerprint density at radius 3 is 2.25 bits per heavy atom. The predicted molar refractivity (Wildman–Crippen MR) is 104 cm³/mol. The molecule has 0 aliphatic heterocycles. The van der Waals surface area contributed by atoms with Crippen molar-refractivity contribution < 1.29 is 14.3 Å². The Bertz CT molecular complexity index is 473. The van der Waals surface area contributed by atoms with Gasteiger partial charge in [-0.2, -0.15) is 0 Å². The van der Waals surface area contributed by atoms with Crippen LogP contribution >= 0.6 is 11.6 Å². The van der Waals surface area contributed by atoms with Gasteiger partial charge in [0, 0.05) is 17.9 Å². The van der Waals surface area contributed by atoms with E-state index in [-0.39, 0.29) is 5.97 Å². The van der Waals surface area contributed by atoms with E-state index >= 15 is 0 Å². The molecule has 0 aromatic heterocycles. The van der Waals surface area contributed by atoms with Gasteiger partial charge in [0.1, 0.15) is 0 Å². The lowest BCUT2D eigenvalue weighted by atomic mass is 9.97. The molecule has 0 spiro atoms. The summed E-state index contributed by atoms with van der Waals surface area (Å²) in [4.78, 5) is 10.2. The minimum absolute atomic E-state index is 0.347. The first kappa shape index (κ1) is 24.5. The Morgan fingerprint density at radius 2 is 1.92 bits per heavy atom. The third-order valence-corrected chi connectivity index (χ3v) is 3.14. The maximum absolute atomic E-state index is 10.2. The molecule has 0 radical (unpaired) electrons. The van der Waals surface area contributed by atoms with Gasteiger partial charge >= 0.3 is 5.97 Å². The Morgan fingerprint density at radius 1 is 1.29 bits per heavy atom. The van der Waals surface area contributed by atoms with Crippen LogP contribution in [0.3, 0.4) is 0 Å². The zero-order valence-corrected chi connectivity index (χ0v) is 16.2.